The molecule has 0 bridgehead atoms. The highest BCUT2D eigenvalue weighted by Crippen LogP contribution is 2.26. The van der Waals surface area contributed by atoms with Crippen LogP contribution in [0, 0.1) is 11.3 Å². The predicted octanol–water partition coefficient (Wildman–Crippen LogP) is 2.43. The van der Waals surface area contributed by atoms with Gasteiger partial charge in [0.2, 0.25) is 0 Å². The van der Waals surface area contributed by atoms with Crippen LogP contribution in [0.25, 0.3) is 11.0 Å². The molecule has 1 fully saturated rings. The summed E-state index contributed by atoms with van der Waals surface area (Å²) in [5.41, 5.74) is 2.95. The van der Waals surface area contributed by atoms with E-state index in [-0.39, 0.29) is 6.04 Å². The van der Waals surface area contributed by atoms with E-state index in [1.165, 1.54) is 0 Å². The second-order valence-electron chi connectivity index (χ2n) is 5.18. The van der Waals surface area contributed by atoms with E-state index < -0.39 is 0 Å². The number of pyridine rings is 2. The molecular weight excluding hydrogens is 330 g/mol. The molecule has 0 spiro atoms. The Morgan fingerprint density at radius 2 is 2.05 bits per heavy atom. The molecule has 108 valence electrons. The van der Waals surface area contributed by atoms with Crippen molar-refractivity contribution in [3.63, 3.8) is 0 Å². The summed E-state index contributed by atoms with van der Waals surface area (Å²) < 4.78 is 0.937. The summed E-state index contributed by atoms with van der Waals surface area (Å²) in [6.45, 7) is 5.56. The molecule has 5 nitrogen and oxygen atoms in total. The molecule has 0 aliphatic carbocycles. The van der Waals surface area contributed by atoms with Crippen molar-refractivity contribution in [3.8, 4) is 6.07 Å². The number of nitriles is 1. The van der Waals surface area contributed by atoms with Crippen LogP contribution in [0.3, 0.4) is 0 Å². The van der Waals surface area contributed by atoms with Crippen molar-refractivity contribution < 1.29 is 0 Å². The van der Waals surface area contributed by atoms with Crippen molar-refractivity contribution in [2.24, 2.45) is 0 Å². The number of rotatable bonds is 2. The summed E-state index contributed by atoms with van der Waals surface area (Å²) in [6, 6.07) is 6.29. The van der Waals surface area contributed by atoms with Gasteiger partial charge in [0.1, 0.15) is 5.52 Å². The van der Waals surface area contributed by atoms with E-state index in [9.17, 15) is 0 Å². The minimum absolute atomic E-state index is 0.0181. The number of piperazine rings is 1. The third-order valence-electron chi connectivity index (χ3n) is 3.91. The second-order valence-corrected chi connectivity index (χ2v) is 6.10. The van der Waals surface area contributed by atoms with Gasteiger partial charge in [-0.2, -0.15) is 5.26 Å². The molecule has 21 heavy (non-hydrogen) atoms. The first-order valence-electron chi connectivity index (χ1n) is 6.98. The normalized spacial score (nSPS) is 17.7. The SMILES string of the molecule is CC(C#N)N1CCN(c2ccnc3cc(Br)cnc23)CC1. The first kappa shape index (κ1) is 14.2. The van der Waals surface area contributed by atoms with Crippen LogP contribution < -0.4 is 4.90 Å². The molecule has 2 aromatic rings. The number of fused-ring (bicyclic) bond motifs is 1. The molecular formula is C15H16BrN5. The summed E-state index contributed by atoms with van der Waals surface area (Å²) in [5, 5.41) is 9.01. The quantitative estimate of drug-likeness (QED) is 0.836. The maximum Gasteiger partial charge on any atom is 0.112 e. The van der Waals surface area contributed by atoms with Crippen LogP contribution in [0.5, 0.6) is 0 Å². The molecule has 0 saturated carbocycles. The van der Waals surface area contributed by atoms with Crippen LogP contribution in [0.1, 0.15) is 6.92 Å². The molecule has 1 aliphatic heterocycles. The molecule has 1 aliphatic rings. The van der Waals surface area contributed by atoms with Crippen molar-refractivity contribution in [1.29, 1.82) is 5.26 Å². The Balaban J connectivity index is 1.84. The molecule has 6 heteroatoms. The predicted molar refractivity (Wildman–Crippen MR) is 86.1 cm³/mol. The molecule has 0 aromatic carbocycles. The third kappa shape index (κ3) is 2.85. The van der Waals surface area contributed by atoms with E-state index >= 15 is 0 Å². The van der Waals surface area contributed by atoms with Crippen LogP contribution in [-0.4, -0.2) is 47.1 Å². The Hall–Kier alpha value is -1.71. The van der Waals surface area contributed by atoms with Crippen molar-refractivity contribution >= 4 is 32.7 Å². The van der Waals surface area contributed by atoms with Gasteiger partial charge in [-0.3, -0.25) is 14.9 Å². The maximum absolute atomic E-state index is 9.01. The molecule has 0 N–H and O–H groups in total. The highest BCUT2D eigenvalue weighted by Gasteiger charge is 2.22. The van der Waals surface area contributed by atoms with E-state index in [2.05, 4.69) is 41.8 Å². The topological polar surface area (TPSA) is 56.1 Å². The largest absolute Gasteiger partial charge is 0.367 e. The first-order chi connectivity index (χ1) is 10.2. The molecule has 0 radical (unpaired) electrons. The molecule has 1 saturated heterocycles. The summed E-state index contributed by atoms with van der Waals surface area (Å²) in [6.07, 6.45) is 3.64. The van der Waals surface area contributed by atoms with Gasteiger partial charge < -0.3 is 4.90 Å². The van der Waals surface area contributed by atoms with Gasteiger partial charge in [-0.25, -0.2) is 0 Å². The van der Waals surface area contributed by atoms with Gasteiger partial charge in [0.25, 0.3) is 0 Å². The Bertz CT molecular complexity index is 688. The van der Waals surface area contributed by atoms with Gasteiger partial charge in [0.15, 0.2) is 0 Å². The lowest BCUT2D eigenvalue weighted by atomic mass is 10.2. The summed E-state index contributed by atoms with van der Waals surface area (Å²) in [5.74, 6) is 0. The molecule has 0 amide bonds. The zero-order chi connectivity index (χ0) is 14.8. The van der Waals surface area contributed by atoms with Gasteiger partial charge in [0.05, 0.1) is 23.3 Å². The number of aromatic nitrogens is 2. The van der Waals surface area contributed by atoms with Gasteiger partial charge >= 0.3 is 0 Å². The lowest BCUT2D eigenvalue weighted by Crippen LogP contribution is -2.49. The Morgan fingerprint density at radius 3 is 2.76 bits per heavy atom. The fraction of sp³-hybridized carbons (Fsp3) is 0.400. The molecule has 3 heterocycles. The molecule has 2 aromatic heterocycles. The van der Waals surface area contributed by atoms with Gasteiger partial charge in [-0.1, -0.05) is 0 Å². The van der Waals surface area contributed by atoms with Gasteiger partial charge in [-0.15, -0.1) is 0 Å². The molecule has 3 rings (SSSR count). The fourth-order valence-corrected chi connectivity index (χ4v) is 3.00. The number of hydrogen-bond donors (Lipinski definition) is 0. The minimum atomic E-state index is -0.0181. The fourth-order valence-electron chi connectivity index (χ4n) is 2.68. The lowest BCUT2D eigenvalue weighted by Gasteiger charge is -2.37. The Morgan fingerprint density at radius 1 is 1.29 bits per heavy atom. The van der Waals surface area contributed by atoms with Crippen LogP contribution in [0.4, 0.5) is 5.69 Å². The third-order valence-corrected chi connectivity index (χ3v) is 4.35. The van der Waals surface area contributed by atoms with E-state index in [0.717, 1.165) is 47.4 Å². The summed E-state index contributed by atoms with van der Waals surface area (Å²) in [7, 11) is 0. The number of halogens is 1. The van der Waals surface area contributed by atoms with Crippen molar-refractivity contribution in [2.45, 2.75) is 13.0 Å². The van der Waals surface area contributed by atoms with Gasteiger partial charge in [-0.05, 0) is 35.0 Å². The zero-order valence-electron chi connectivity index (χ0n) is 11.8. The molecule has 1 atom stereocenters. The number of hydrogen-bond acceptors (Lipinski definition) is 5. The zero-order valence-corrected chi connectivity index (χ0v) is 13.4. The number of nitrogens with zero attached hydrogens (tertiary/aromatic N) is 5. The van der Waals surface area contributed by atoms with Crippen LogP contribution in [0.2, 0.25) is 0 Å². The summed E-state index contributed by atoms with van der Waals surface area (Å²) in [4.78, 5) is 13.4. The Kier molecular flexibility index (Phi) is 4.04. The number of anilines is 1. The summed E-state index contributed by atoms with van der Waals surface area (Å²) >= 11 is 3.43. The highest BCUT2D eigenvalue weighted by atomic mass is 79.9. The van der Waals surface area contributed by atoms with Crippen LogP contribution in [-0.2, 0) is 0 Å². The average molecular weight is 346 g/mol. The molecule has 1 unspecified atom stereocenters. The van der Waals surface area contributed by atoms with Crippen LogP contribution in [0.15, 0.2) is 29.0 Å². The van der Waals surface area contributed by atoms with E-state index in [1.807, 2.05) is 31.5 Å². The average Bonchev–Trinajstić information content (AvgIpc) is 2.53. The second kappa shape index (κ2) is 5.96. The first-order valence-corrected chi connectivity index (χ1v) is 7.77. The van der Waals surface area contributed by atoms with Crippen LogP contribution >= 0.6 is 15.9 Å². The van der Waals surface area contributed by atoms with E-state index in [4.69, 9.17) is 5.26 Å². The standard InChI is InChI=1S/C15H16BrN5/c1-11(9-17)20-4-6-21(7-5-20)14-2-3-18-13-8-12(16)10-19-15(13)14/h2-3,8,10-11H,4-7H2,1H3. The highest BCUT2D eigenvalue weighted by molar-refractivity contribution is 9.10. The van der Waals surface area contributed by atoms with E-state index in [1.54, 1.807) is 0 Å². The van der Waals surface area contributed by atoms with E-state index in [0.29, 0.717) is 0 Å². The van der Waals surface area contributed by atoms with Crippen molar-refractivity contribution in [1.82, 2.24) is 14.9 Å². The smallest absolute Gasteiger partial charge is 0.112 e. The minimum Gasteiger partial charge on any atom is -0.367 e. The van der Waals surface area contributed by atoms with Gasteiger partial charge in [0, 0.05) is 43.0 Å². The maximum atomic E-state index is 9.01. The Labute approximate surface area is 132 Å². The van der Waals surface area contributed by atoms with Crippen molar-refractivity contribution in [3.05, 3.63) is 29.0 Å². The monoisotopic (exact) mass is 345 g/mol. The lowest BCUT2D eigenvalue weighted by molar-refractivity contribution is 0.232. The van der Waals surface area contributed by atoms with Crippen molar-refractivity contribution in [2.75, 3.05) is 31.1 Å².